The molecule has 0 spiro atoms. The van der Waals surface area contributed by atoms with Crippen LogP contribution in [0.3, 0.4) is 0 Å². The molecule has 1 fully saturated rings. The van der Waals surface area contributed by atoms with Crippen LogP contribution in [0.25, 0.3) is 27.5 Å². The minimum atomic E-state index is -0.792. The number of rotatable bonds is 6. The summed E-state index contributed by atoms with van der Waals surface area (Å²) in [6.07, 6.45) is 3.87. The van der Waals surface area contributed by atoms with Crippen molar-refractivity contribution >= 4 is 27.8 Å². The second-order valence-corrected chi connectivity index (χ2v) is 10.9. The molecule has 2 N–H and O–H groups in total. The number of H-pyrrole nitrogens is 1. The Bertz CT molecular complexity index is 1440. The molecule has 8 heteroatoms. The van der Waals surface area contributed by atoms with Crippen molar-refractivity contribution in [1.29, 1.82) is 0 Å². The third-order valence-electron chi connectivity index (χ3n) is 7.89. The van der Waals surface area contributed by atoms with Crippen molar-refractivity contribution in [2.24, 2.45) is 5.41 Å². The van der Waals surface area contributed by atoms with Crippen LogP contribution in [0.4, 0.5) is 8.78 Å². The van der Waals surface area contributed by atoms with E-state index in [4.69, 9.17) is 4.74 Å². The molecule has 0 atom stereocenters. The van der Waals surface area contributed by atoms with Gasteiger partial charge in [-0.2, -0.15) is 5.10 Å². The van der Waals surface area contributed by atoms with Crippen LogP contribution in [0.5, 0.6) is 0 Å². The number of methoxy groups -OCH3 is 1. The second-order valence-electron chi connectivity index (χ2n) is 10.9. The van der Waals surface area contributed by atoms with E-state index >= 15 is 4.39 Å². The van der Waals surface area contributed by atoms with Gasteiger partial charge in [0.2, 0.25) is 0 Å². The zero-order chi connectivity index (χ0) is 25.8. The first-order valence-corrected chi connectivity index (χ1v) is 12.3. The lowest BCUT2D eigenvalue weighted by Gasteiger charge is -2.36. The predicted molar refractivity (Wildman–Crippen MR) is 135 cm³/mol. The highest BCUT2D eigenvalue weighted by molar-refractivity contribution is 6.00. The van der Waals surface area contributed by atoms with E-state index in [2.05, 4.69) is 24.0 Å². The molecule has 36 heavy (non-hydrogen) atoms. The third kappa shape index (κ3) is 3.79. The largest absolute Gasteiger partial charge is 0.481 e. The van der Waals surface area contributed by atoms with Crippen LogP contribution in [-0.2, 0) is 14.9 Å². The highest BCUT2D eigenvalue weighted by atomic mass is 19.1. The SMILES string of the molecule is COCC(C)(C)c1c(C2CCC(C)(C(=O)O)CC2)c2c(F)c3[nH]ncc3cc2n1-c1ccc(F)cc1. The lowest BCUT2D eigenvalue weighted by molar-refractivity contribution is -0.149. The van der Waals surface area contributed by atoms with Gasteiger partial charge in [0.05, 0.1) is 23.7 Å². The molecule has 0 amide bonds. The molecule has 0 radical (unpaired) electrons. The van der Waals surface area contributed by atoms with E-state index in [-0.39, 0.29) is 17.6 Å². The molecule has 1 aliphatic rings. The van der Waals surface area contributed by atoms with Crippen molar-refractivity contribution in [3.63, 3.8) is 0 Å². The Morgan fingerprint density at radius 2 is 1.92 bits per heavy atom. The number of halogens is 2. The first kappa shape index (κ1) is 24.4. The van der Waals surface area contributed by atoms with Crippen LogP contribution in [-0.4, -0.2) is 39.6 Å². The number of aliphatic carboxylic acids is 1. The minimum absolute atomic E-state index is 0.0392. The first-order chi connectivity index (χ1) is 17.1. The van der Waals surface area contributed by atoms with Gasteiger partial charge >= 0.3 is 5.97 Å². The standard InChI is InChI=1S/C28H31F2N3O3/c1-27(2,15-36-4)25-21(16-9-11-28(3,12-10-16)26(34)35)22-20(13-17-14-31-32-24(17)23(22)30)33(25)19-7-5-18(29)6-8-19/h5-8,13-14,16H,9-12,15H2,1-4H3,(H,31,32)(H,34,35). The van der Waals surface area contributed by atoms with Gasteiger partial charge in [0.15, 0.2) is 5.82 Å². The van der Waals surface area contributed by atoms with Gasteiger partial charge in [-0.15, -0.1) is 0 Å². The van der Waals surface area contributed by atoms with Gasteiger partial charge in [0.1, 0.15) is 11.3 Å². The third-order valence-corrected chi connectivity index (χ3v) is 7.89. The summed E-state index contributed by atoms with van der Waals surface area (Å²) >= 11 is 0. The second kappa shape index (κ2) is 8.69. The summed E-state index contributed by atoms with van der Waals surface area (Å²) in [6.45, 7) is 6.30. The van der Waals surface area contributed by atoms with E-state index in [1.54, 1.807) is 32.4 Å². The number of hydrogen-bond acceptors (Lipinski definition) is 3. The topological polar surface area (TPSA) is 80.1 Å². The van der Waals surface area contributed by atoms with E-state index in [1.807, 2.05) is 10.6 Å². The van der Waals surface area contributed by atoms with Gasteiger partial charge in [-0.3, -0.25) is 9.89 Å². The maximum Gasteiger partial charge on any atom is 0.309 e. The Kier molecular flexibility index (Phi) is 5.90. The zero-order valence-electron chi connectivity index (χ0n) is 21.0. The lowest BCUT2D eigenvalue weighted by atomic mass is 9.68. The molecule has 190 valence electrons. The average molecular weight is 496 g/mol. The minimum Gasteiger partial charge on any atom is -0.481 e. The maximum atomic E-state index is 16.3. The quantitative estimate of drug-likeness (QED) is 0.322. The fourth-order valence-corrected chi connectivity index (χ4v) is 5.94. The number of aromatic amines is 1. The molecule has 5 rings (SSSR count). The van der Waals surface area contributed by atoms with Crippen molar-refractivity contribution in [2.45, 2.75) is 57.8 Å². The van der Waals surface area contributed by atoms with E-state index in [9.17, 15) is 14.3 Å². The number of ether oxygens (including phenoxy) is 1. The number of carbonyl (C=O) groups is 1. The fourth-order valence-electron chi connectivity index (χ4n) is 5.94. The number of nitrogens with one attached hydrogen (secondary N) is 1. The monoisotopic (exact) mass is 495 g/mol. The summed E-state index contributed by atoms with van der Waals surface area (Å²) in [4.78, 5) is 11.9. The first-order valence-electron chi connectivity index (χ1n) is 12.3. The summed E-state index contributed by atoms with van der Waals surface area (Å²) in [6, 6.07) is 8.12. The number of carboxylic acid groups (broad SMARTS) is 1. The van der Waals surface area contributed by atoms with Crippen LogP contribution in [0.15, 0.2) is 36.5 Å². The van der Waals surface area contributed by atoms with Crippen LogP contribution >= 0.6 is 0 Å². The summed E-state index contributed by atoms with van der Waals surface area (Å²) in [5.41, 5.74) is 2.19. The summed E-state index contributed by atoms with van der Waals surface area (Å²) in [7, 11) is 1.64. The molecule has 1 saturated carbocycles. The van der Waals surface area contributed by atoms with Crippen LogP contribution in [0.2, 0.25) is 0 Å². The fraction of sp³-hybridized carbons (Fsp3) is 0.429. The molecule has 0 unspecified atom stereocenters. The highest BCUT2D eigenvalue weighted by Gasteiger charge is 2.42. The number of fused-ring (bicyclic) bond motifs is 2. The van der Waals surface area contributed by atoms with Crippen molar-refractivity contribution in [3.8, 4) is 5.69 Å². The number of nitrogens with zero attached hydrogens (tertiary/aromatic N) is 2. The molecule has 4 aromatic rings. The molecule has 0 bridgehead atoms. The van der Waals surface area contributed by atoms with Gasteiger partial charge in [-0.25, -0.2) is 8.78 Å². The zero-order valence-corrected chi connectivity index (χ0v) is 21.0. The molecule has 6 nitrogen and oxygen atoms in total. The molecular weight excluding hydrogens is 464 g/mol. The van der Waals surface area contributed by atoms with Gasteiger partial charge < -0.3 is 14.4 Å². The molecule has 2 aromatic carbocycles. The molecular formula is C28H31F2N3O3. The molecule has 2 heterocycles. The van der Waals surface area contributed by atoms with Gasteiger partial charge in [0, 0.05) is 34.7 Å². The molecule has 0 aliphatic heterocycles. The van der Waals surface area contributed by atoms with E-state index in [1.165, 1.54) is 12.1 Å². The maximum absolute atomic E-state index is 16.3. The smallest absolute Gasteiger partial charge is 0.309 e. The van der Waals surface area contributed by atoms with Gasteiger partial charge in [-0.1, -0.05) is 13.8 Å². The number of hydrogen-bond donors (Lipinski definition) is 2. The van der Waals surface area contributed by atoms with Crippen LogP contribution < -0.4 is 0 Å². The van der Waals surface area contributed by atoms with Crippen molar-refractivity contribution in [3.05, 3.63) is 59.4 Å². The molecule has 0 saturated heterocycles. The van der Waals surface area contributed by atoms with Gasteiger partial charge in [0.25, 0.3) is 0 Å². The van der Waals surface area contributed by atoms with Crippen molar-refractivity contribution in [1.82, 2.24) is 14.8 Å². The Hall–Kier alpha value is -3.26. The predicted octanol–water partition coefficient (Wildman–Crippen LogP) is 6.46. The summed E-state index contributed by atoms with van der Waals surface area (Å²) in [5.74, 6) is -1.56. The summed E-state index contributed by atoms with van der Waals surface area (Å²) in [5, 5.41) is 17.8. The lowest BCUT2D eigenvalue weighted by Crippen LogP contribution is -2.33. The molecule has 1 aliphatic carbocycles. The van der Waals surface area contributed by atoms with Gasteiger partial charge in [-0.05, 0) is 74.4 Å². The Labute approximate surface area is 208 Å². The van der Waals surface area contributed by atoms with Crippen LogP contribution in [0, 0.1) is 17.0 Å². The molecule has 2 aromatic heterocycles. The average Bonchev–Trinajstić information content (AvgIpc) is 3.44. The Morgan fingerprint density at radius 3 is 2.53 bits per heavy atom. The van der Waals surface area contributed by atoms with Crippen molar-refractivity contribution < 1.29 is 23.4 Å². The van der Waals surface area contributed by atoms with E-state index in [0.29, 0.717) is 54.1 Å². The van der Waals surface area contributed by atoms with Crippen molar-refractivity contribution in [2.75, 3.05) is 13.7 Å². The van der Waals surface area contributed by atoms with Crippen LogP contribution in [0.1, 0.15) is 63.6 Å². The Balaban J connectivity index is 1.85. The number of carboxylic acids is 1. The number of benzene rings is 2. The van der Waals surface area contributed by atoms with E-state index < -0.39 is 16.8 Å². The Morgan fingerprint density at radius 1 is 1.25 bits per heavy atom. The summed E-state index contributed by atoms with van der Waals surface area (Å²) < 4.78 is 37.8. The number of aromatic nitrogens is 3. The normalized spacial score (nSPS) is 20.9. The van der Waals surface area contributed by atoms with E-state index in [0.717, 1.165) is 16.9 Å². The highest BCUT2D eigenvalue weighted by Crippen LogP contribution is 2.50.